The van der Waals surface area contributed by atoms with Crippen LogP contribution in [0, 0.1) is 11.6 Å². The van der Waals surface area contributed by atoms with Crippen LogP contribution in [0.15, 0.2) is 51.8 Å². The summed E-state index contributed by atoms with van der Waals surface area (Å²) in [6.45, 7) is 0.0111. The van der Waals surface area contributed by atoms with Crippen molar-refractivity contribution in [2.45, 2.75) is 13.0 Å². The molecular weight excluding hydrogens is 346 g/mol. The summed E-state index contributed by atoms with van der Waals surface area (Å²) in [5.41, 5.74) is 0.988. The SMILES string of the molecule is COC(=O)c1ccc(Cn2c(Cc3ccc(F)cc3)noc2=O)cc1F. The minimum atomic E-state index is -0.784. The van der Waals surface area contributed by atoms with Crippen molar-refractivity contribution in [3.8, 4) is 0 Å². The third kappa shape index (κ3) is 3.69. The lowest BCUT2D eigenvalue weighted by molar-refractivity contribution is 0.0595. The molecule has 0 aliphatic heterocycles. The smallest absolute Gasteiger partial charge is 0.441 e. The lowest BCUT2D eigenvalue weighted by Gasteiger charge is -2.07. The van der Waals surface area contributed by atoms with Gasteiger partial charge in [0, 0.05) is 6.42 Å². The zero-order valence-electron chi connectivity index (χ0n) is 13.7. The number of hydrogen-bond donors (Lipinski definition) is 0. The number of halogens is 2. The first-order chi connectivity index (χ1) is 12.5. The Balaban J connectivity index is 1.85. The summed E-state index contributed by atoms with van der Waals surface area (Å²) in [5, 5.41) is 3.72. The predicted molar refractivity (Wildman–Crippen MR) is 86.8 cm³/mol. The van der Waals surface area contributed by atoms with Crippen molar-refractivity contribution in [1.29, 1.82) is 0 Å². The topological polar surface area (TPSA) is 74.3 Å². The Bertz CT molecular complexity index is 993. The first-order valence-corrected chi connectivity index (χ1v) is 7.64. The molecule has 0 atom stereocenters. The monoisotopic (exact) mass is 360 g/mol. The van der Waals surface area contributed by atoms with Crippen molar-refractivity contribution in [1.82, 2.24) is 9.72 Å². The van der Waals surface area contributed by atoms with Crippen LogP contribution in [-0.4, -0.2) is 22.8 Å². The van der Waals surface area contributed by atoms with E-state index in [-0.39, 0.29) is 24.3 Å². The fourth-order valence-corrected chi connectivity index (χ4v) is 2.48. The Morgan fingerprint density at radius 1 is 1.15 bits per heavy atom. The summed E-state index contributed by atoms with van der Waals surface area (Å²) in [4.78, 5) is 23.3. The Morgan fingerprint density at radius 2 is 1.85 bits per heavy atom. The number of esters is 1. The zero-order chi connectivity index (χ0) is 18.7. The fraction of sp³-hybridized carbons (Fsp3) is 0.167. The molecule has 0 saturated carbocycles. The van der Waals surface area contributed by atoms with Crippen LogP contribution in [0.1, 0.15) is 27.3 Å². The summed E-state index contributed by atoms with van der Waals surface area (Å²) >= 11 is 0. The second-order valence-corrected chi connectivity index (χ2v) is 5.56. The second-order valence-electron chi connectivity index (χ2n) is 5.56. The van der Waals surface area contributed by atoms with Crippen molar-refractivity contribution < 1.29 is 22.8 Å². The van der Waals surface area contributed by atoms with E-state index in [1.807, 2.05) is 0 Å². The molecule has 3 aromatic rings. The number of nitrogens with zero attached hydrogens (tertiary/aromatic N) is 2. The molecule has 3 rings (SSSR count). The van der Waals surface area contributed by atoms with Crippen molar-refractivity contribution in [2.24, 2.45) is 0 Å². The van der Waals surface area contributed by atoms with E-state index in [9.17, 15) is 18.4 Å². The number of benzene rings is 2. The largest absolute Gasteiger partial charge is 0.465 e. The average Bonchev–Trinajstić information content (AvgIpc) is 2.96. The molecule has 0 fully saturated rings. The van der Waals surface area contributed by atoms with Gasteiger partial charge in [-0.2, -0.15) is 0 Å². The number of ether oxygens (including phenoxy) is 1. The van der Waals surface area contributed by atoms with E-state index < -0.39 is 17.5 Å². The molecule has 1 heterocycles. The van der Waals surface area contributed by atoms with Crippen LogP contribution in [-0.2, 0) is 17.7 Å². The van der Waals surface area contributed by atoms with Gasteiger partial charge in [-0.3, -0.25) is 9.09 Å². The maximum atomic E-state index is 14.0. The highest BCUT2D eigenvalue weighted by atomic mass is 19.1. The van der Waals surface area contributed by atoms with Crippen LogP contribution in [0.2, 0.25) is 0 Å². The summed E-state index contributed by atoms with van der Waals surface area (Å²) < 4.78 is 37.5. The van der Waals surface area contributed by atoms with E-state index in [1.165, 1.54) is 28.8 Å². The lowest BCUT2D eigenvalue weighted by Crippen LogP contribution is -2.18. The third-order valence-corrected chi connectivity index (χ3v) is 3.82. The minimum absolute atomic E-state index is 0.0111. The van der Waals surface area contributed by atoms with Crippen LogP contribution in [0.4, 0.5) is 8.78 Å². The highest BCUT2D eigenvalue weighted by Gasteiger charge is 2.15. The van der Waals surface area contributed by atoms with Gasteiger partial charge in [-0.15, -0.1) is 0 Å². The van der Waals surface area contributed by atoms with E-state index in [0.717, 1.165) is 18.7 Å². The van der Waals surface area contributed by atoms with E-state index in [0.29, 0.717) is 11.4 Å². The minimum Gasteiger partial charge on any atom is -0.465 e. The molecule has 0 bridgehead atoms. The quantitative estimate of drug-likeness (QED) is 0.654. The molecule has 0 unspecified atom stereocenters. The Morgan fingerprint density at radius 3 is 2.50 bits per heavy atom. The van der Waals surface area contributed by atoms with Gasteiger partial charge < -0.3 is 4.74 Å². The normalized spacial score (nSPS) is 10.7. The first-order valence-electron chi connectivity index (χ1n) is 7.64. The van der Waals surface area contributed by atoms with Crippen molar-refractivity contribution >= 4 is 5.97 Å². The van der Waals surface area contributed by atoms with Gasteiger partial charge in [0.25, 0.3) is 0 Å². The molecule has 0 aliphatic carbocycles. The molecule has 0 spiro atoms. The van der Waals surface area contributed by atoms with E-state index in [4.69, 9.17) is 0 Å². The third-order valence-electron chi connectivity index (χ3n) is 3.82. The van der Waals surface area contributed by atoms with Gasteiger partial charge in [0.2, 0.25) is 0 Å². The van der Waals surface area contributed by atoms with E-state index in [2.05, 4.69) is 14.4 Å². The lowest BCUT2D eigenvalue weighted by atomic mass is 10.1. The van der Waals surface area contributed by atoms with E-state index in [1.54, 1.807) is 12.1 Å². The molecule has 0 N–H and O–H groups in total. The molecule has 8 heteroatoms. The fourth-order valence-electron chi connectivity index (χ4n) is 2.48. The summed E-state index contributed by atoms with van der Waals surface area (Å²) in [6, 6.07) is 9.70. The van der Waals surface area contributed by atoms with Crippen LogP contribution in [0.5, 0.6) is 0 Å². The highest BCUT2D eigenvalue weighted by molar-refractivity contribution is 5.89. The Labute approximate surface area is 146 Å². The average molecular weight is 360 g/mol. The van der Waals surface area contributed by atoms with Gasteiger partial charge in [-0.25, -0.2) is 18.4 Å². The molecule has 6 nitrogen and oxygen atoms in total. The van der Waals surface area contributed by atoms with Gasteiger partial charge in [-0.05, 0) is 35.4 Å². The molecule has 0 aliphatic rings. The number of hydrogen-bond acceptors (Lipinski definition) is 5. The predicted octanol–water partition coefficient (Wildman–Crippen LogP) is 2.54. The number of carbonyl (C=O) groups is 1. The first kappa shape index (κ1) is 17.5. The maximum Gasteiger partial charge on any atom is 0.441 e. The van der Waals surface area contributed by atoms with Gasteiger partial charge in [0.05, 0.1) is 19.2 Å². The van der Waals surface area contributed by atoms with Gasteiger partial charge in [-0.1, -0.05) is 23.4 Å². The molecule has 0 amide bonds. The van der Waals surface area contributed by atoms with E-state index >= 15 is 0 Å². The highest BCUT2D eigenvalue weighted by Crippen LogP contribution is 2.14. The van der Waals surface area contributed by atoms with Crippen LogP contribution in [0.3, 0.4) is 0 Å². The van der Waals surface area contributed by atoms with Crippen molar-refractivity contribution in [2.75, 3.05) is 7.11 Å². The summed E-state index contributed by atoms with van der Waals surface area (Å²) in [5.74, 6) is -2.28. The standard InChI is InChI=1S/C18H14F2N2O4/c1-25-17(23)14-7-4-12(8-15(14)20)10-22-16(21-26-18(22)24)9-11-2-5-13(19)6-3-11/h2-8H,9-10H2,1H3. The van der Waals surface area contributed by atoms with Crippen molar-refractivity contribution in [3.63, 3.8) is 0 Å². The molecule has 0 radical (unpaired) electrons. The molecule has 2 aromatic carbocycles. The Kier molecular flexibility index (Phi) is 4.92. The van der Waals surface area contributed by atoms with Gasteiger partial charge in [0.1, 0.15) is 11.6 Å². The number of carbonyl (C=O) groups excluding carboxylic acids is 1. The molecule has 134 valence electrons. The van der Waals surface area contributed by atoms with Gasteiger partial charge >= 0.3 is 11.7 Å². The Hall–Kier alpha value is -3.29. The van der Waals surface area contributed by atoms with Gasteiger partial charge in [0.15, 0.2) is 5.82 Å². The zero-order valence-corrected chi connectivity index (χ0v) is 13.7. The number of aromatic nitrogens is 2. The maximum absolute atomic E-state index is 14.0. The van der Waals surface area contributed by atoms with Crippen LogP contribution < -0.4 is 5.76 Å². The molecule has 1 aromatic heterocycles. The second kappa shape index (κ2) is 7.30. The molecular formula is C18H14F2N2O4. The van der Waals surface area contributed by atoms with Crippen molar-refractivity contribution in [3.05, 3.63) is 87.2 Å². The molecule has 26 heavy (non-hydrogen) atoms. The summed E-state index contributed by atoms with van der Waals surface area (Å²) in [7, 11) is 1.16. The van der Waals surface area contributed by atoms with Crippen LogP contribution in [0.25, 0.3) is 0 Å². The number of methoxy groups -OCH3 is 1. The van der Waals surface area contributed by atoms with Crippen LogP contribution >= 0.6 is 0 Å². The summed E-state index contributed by atoms with van der Waals surface area (Å²) in [6.07, 6.45) is 0.245. The molecule has 0 saturated heterocycles. The number of rotatable bonds is 5.